The zero-order valence-corrected chi connectivity index (χ0v) is 13.9. The van der Waals surface area contributed by atoms with E-state index in [0.717, 1.165) is 30.6 Å². The fraction of sp³-hybridized carbons (Fsp3) is 0.333. The normalized spacial score (nSPS) is 17.8. The fourth-order valence-corrected chi connectivity index (χ4v) is 3.42. The van der Waals surface area contributed by atoms with Crippen LogP contribution in [0.5, 0.6) is 0 Å². The fourth-order valence-electron chi connectivity index (χ4n) is 2.83. The van der Waals surface area contributed by atoms with Gasteiger partial charge in [-0.05, 0) is 43.3 Å². The van der Waals surface area contributed by atoms with E-state index in [-0.39, 0.29) is 17.7 Å². The van der Waals surface area contributed by atoms with Gasteiger partial charge in [-0.2, -0.15) is 11.3 Å². The van der Waals surface area contributed by atoms with Crippen LogP contribution >= 0.6 is 11.3 Å². The van der Waals surface area contributed by atoms with E-state index in [1.807, 2.05) is 48.0 Å². The van der Waals surface area contributed by atoms with E-state index in [0.29, 0.717) is 12.1 Å². The number of hydrogen-bond acceptors (Lipinski definition) is 3. The smallest absolute Gasteiger partial charge is 0.253 e. The zero-order valence-electron chi connectivity index (χ0n) is 13.1. The number of rotatable bonds is 3. The van der Waals surface area contributed by atoms with Crippen LogP contribution in [0.1, 0.15) is 28.8 Å². The minimum Gasteiger partial charge on any atom is -0.338 e. The summed E-state index contributed by atoms with van der Waals surface area (Å²) in [5, 5.41) is 6.78. The molecule has 4 nitrogen and oxygen atoms in total. The highest BCUT2D eigenvalue weighted by Gasteiger charge is 2.29. The Morgan fingerprint density at radius 1 is 1.22 bits per heavy atom. The van der Waals surface area contributed by atoms with Crippen LogP contribution in [0.4, 0.5) is 5.69 Å². The number of nitrogens with zero attached hydrogens (tertiary/aromatic N) is 1. The monoisotopic (exact) mass is 328 g/mol. The van der Waals surface area contributed by atoms with E-state index in [9.17, 15) is 9.59 Å². The Hall–Kier alpha value is -2.14. The van der Waals surface area contributed by atoms with Crippen molar-refractivity contribution in [2.75, 3.05) is 18.4 Å². The molecule has 1 aromatic carbocycles. The first-order valence-corrected chi connectivity index (χ1v) is 8.77. The van der Waals surface area contributed by atoms with Crippen LogP contribution in [0.3, 0.4) is 0 Å². The molecule has 1 fully saturated rings. The molecule has 2 amide bonds. The lowest BCUT2D eigenvalue weighted by molar-refractivity contribution is -0.121. The topological polar surface area (TPSA) is 49.4 Å². The first-order valence-electron chi connectivity index (χ1n) is 7.82. The SMILES string of the molecule is Cc1ccc(C(=O)N2CCCC(C(=O)Nc3ccsc3)C2)cc1. The van der Waals surface area contributed by atoms with Crippen LogP contribution in [0, 0.1) is 12.8 Å². The Bertz CT molecular complexity index is 680. The van der Waals surface area contributed by atoms with Gasteiger partial charge in [-0.3, -0.25) is 9.59 Å². The van der Waals surface area contributed by atoms with Crippen LogP contribution in [0.2, 0.25) is 0 Å². The molecule has 0 spiro atoms. The molecule has 2 aromatic rings. The molecule has 2 heterocycles. The lowest BCUT2D eigenvalue weighted by atomic mass is 9.96. The quantitative estimate of drug-likeness (QED) is 0.937. The molecule has 5 heteroatoms. The van der Waals surface area contributed by atoms with E-state index in [2.05, 4.69) is 5.32 Å². The number of carbonyl (C=O) groups excluding carboxylic acids is 2. The summed E-state index contributed by atoms with van der Waals surface area (Å²) < 4.78 is 0. The maximum Gasteiger partial charge on any atom is 0.253 e. The van der Waals surface area contributed by atoms with E-state index in [1.54, 1.807) is 16.2 Å². The molecule has 1 aliphatic rings. The van der Waals surface area contributed by atoms with Gasteiger partial charge >= 0.3 is 0 Å². The number of nitrogens with one attached hydrogen (secondary N) is 1. The third kappa shape index (κ3) is 3.79. The average molecular weight is 328 g/mol. The van der Waals surface area contributed by atoms with E-state index in [4.69, 9.17) is 0 Å². The first-order chi connectivity index (χ1) is 11.1. The number of amides is 2. The number of benzene rings is 1. The lowest BCUT2D eigenvalue weighted by Gasteiger charge is -2.32. The lowest BCUT2D eigenvalue weighted by Crippen LogP contribution is -2.43. The zero-order chi connectivity index (χ0) is 16.2. The number of likely N-dealkylation sites (tertiary alicyclic amines) is 1. The van der Waals surface area contributed by atoms with E-state index in [1.165, 1.54) is 0 Å². The second kappa shape index (κ2) is 6.96. The molecule has 1 saturated heterocycles. The molecule has 120 valence electrons. The molecule has 0 aliphatic carbocycles. The molecular formula is C18H20N2O2S. The molecule has 0 radical (unpaired) electrons. The van der Waals surface area contributed by atoms with Gasteiger partial charge in [-0.1, -0.05) is 17.7 Å². The van der Waals surface area contributed by atoms with Gasteiger partial charge in [0.25, 0.3) is 5.91 Å². The summed E-state index contributed by atoms with van der Waals surface area (Å²) in [5.41, 5.74) is 2.66. The molecule has 1 aliphatic heterocycles. The van der Waals surface area contributed by atoms with E-state index < -0.39 is 0 Å². The van der Waals surface area contributed by atoms with Crippen LogP contribution in [-0.4, -0.2) is 29.8 Å². The van der Waals surface area contributed by atoms with Gasteiger partial charge in [0, 0.05) is 24.0 Å². The summed E-state index contributed by atoms with van der Waals surface area (Å²) in [6.07, 6.45) is 1.69. The molecule has 1 unspecified atom stereocenters. The van der Waals surface area contributed by atoms with Crippen molar-refractivity contribution in [3.05, 3.63) is 52.2 Å². The van der Waals surface area contributed by atoms with Gasteiger partial charge < -0.3 is 10.2 Å². The Balaban J connectivity index is 1.64. The second-order valence-electron chi connectivity index (χ2n) is 5.96. The maximum absolute atomic E-state index is 12.6. The minimum absolute atomic E-state index is 0.00445. The summed E-state index contributed by atoms with van der Waals surface area (Å²) in [5.74, 6) is -0.124. The molecule has 23 heavy (non-hydrogen) atoms. The van der Waals surface area contributed by atoms with Crippen molar-refractivity contribution < 1.29 is 9.59 Å². The third-order valence-corrected chi connectivity index (χ3v) is 4.85. The van der Waals surface area contributed by atoms with Crippen molar-refractivity contribution in [2.24, 2.45) is 5.92 Å². The van der Waals surface area contributed by atoms with Gasteiger partial charge in [-0.15, -0.1) is 0 Å². The summed E-state index contributed by atoms with van der Waals surface area (Å²) in [6, 6.07) is 9.48. The molecular weight excluding hydrogens is 308 g/mol. The summed E-state index contributed by atoms with van der Waals surface area (Å²) in [6.45, 7) is 3.21. The number of aryl methyl sites for hydroxylation is 1. The minimum atomic E-state index is -0.141. The average Bonchev–Trinajstić information content (AvgIpc) is 3.08. The number of hydrogen-bond donors (Lipinski definition) is 1. The highest BCUT2D eigenvalue weighted by Crippen LogP contribution is 2.21. The Labute approximate surface area is 140 Å². The standard InChI is InChI=1S/C18H20N2O2S/c1-13-4-6-14(7-5-13)18(22)20-9-2-3-15(11-20)17(21)19-16-8-10-23-12-16/h4-8,10,12,15H,2-3,9,11H2,1H3,(H,19,21). The molecule has 3 rings (SSSR count). The summed E-state index contributed by atoms with van der Waals surface area (Å²) >= 11 is 1.55. The van der Waals surface area contributed by atoms with Gasteiger partial charge in [0.2, 0.25) is 5.91 Å². The van der Waals surface area contributed by atoms with Crippen molar-refractivity contribution in [1.29, 1.82) is 0 Å². The summed E-state index contributed by atoms with van der Waals surface area (Å²) in [4.78, 5) is 26.8. The van der Waals surface area contributed by atoms with Crippen LogP contribution in [0.25, 0.3) is 0 Å². The van der Waals surface area contributed by atoms with Gasteiger partial charge in [-0.25, -0.2) is 0 Å². The molecule has 0 bridgehead atoms. The first kappa shape index (κ1) is 15.7. The number of thiophene rings is 1. The summed E-state index contributed by atoms with van der Waals surface area (Å²) in [7, 11) is 0. The predicted octanol–water partition coefficient (Wildman–Crippen LogP) is 3.55. The third-order valence-electron chi connectivity index (χ3n) is 4.17. The van der Waals surface area contributed by atoms with E-state index >= 15 is 0 Å². The van der Waals surface area contributed by atoms with Crippen LogP contribution in [-0.2, 0) is 4.79 Å². The second-order valence-corrected chi connectivity index (χ2v) is 6.74. The van der Waals surface area contributed by atoms with Gasteiger partial charge in [0.15, 0.2) is 0 Å². The number of anilines is 1. The largest absolute Gasteiger partial charge is 0.338 e. The maximum atomic E-state index is 12.6. The number of piperidine rings is 1. The van der Waals surface area contributed by atoms with Crippen molar-refractivity contribution in [3.63, 3.8) is 0 Å². The number of carbonyl (C=O) groups is 2. The Kier molecular flexibility index (Phi) is 4.76. The predicted molar refractivity (Wildman–Crippen MR) is 92.8 cm³/mol. The highest BCUT2D eigenvalue weighted by atomic mass is 32.1. The van der Waals surface area contributed by atoms with Crippen molar-refractivity contribution in [3.8, 4) is 0 Å². The van der Waals surface area contributed by atoms with Gasteiger partial charge in [0.1, 0.15) is 0 Å². The van der Waals surface area contributed by atoms with Crippen LogP contribution < -0.4 is 5.32 Å². The molecule has 1 aromatic heterocycles. The van der Waals surface area contributed by atoms with Crippen molar-refractivity contribution in [1.82, 2.24) is 4.90 Å². The van der Waals surface area contributed by atoms with Crippen molar-refractivity contribution >= 4 is 28.8 Å². The Morgan fingerprint density at radius 3 is 2.70 bits per heavy atom. The molecule has 0 saturated carbocycles. The van der Waals surface area contributed by atoms with Crippen molar-refractivity contribution in [2.45, 2.75) is 19.8 Å². The molecule has 1 N–H and O–H groups in total. The highest BCUT2D eigenvalue weighted by molar-refractivity contribution is 7.08. The van der Waals surface area contributed by atoms with Crippen LogP contribution in [0.15, 0.2) is 41.1 Å². The van der Waals surface area contributed by atoms with Gasteiger partial charge in [0.05, 0.1) is 11.6 Å². The Morgan fingerprint density at radius 2 is 2.00 bits per heavy atom. The molecule has 1 atom stereocenters.